The van der Waals surface area contributed by atoms with Gasteiger partial charge in [0.05, 0.1) is 11.2 Å². The number of hydrogen-bond acceptors (Lipinski definition) is 2. The molecule has 0 fully saturated rings. The van der Waals surface area contributed by atoms with Crippen LogP contribution in [-0.4, -0.2) is 4.98 Å². The predicted octanol–water partition coefficient (Wildman–Crippen LogP) is 6.30. The molecule has 1 aliphatic heterocycles. The molecular weight excluding hydrogens is 304 g/mol. The molecule has 0 saturated heterocycles. The molecule has 128 valence electrons. The van der Waals surface area contributed by atoms with Gasteiger partial charge in [-0.05, 0) is 34.6 Å². The molecule has 4 rings (SSSR count). The average molecular weight is 330 g/mol. The van der Waals surface area contributed by atoms with Crippen molar-refractivity contribution < 1.29 is 0 Å². The number of hydrogen-bond donors (Lipinski definition) is 1. The summed E-state index contributed by atoms with van der Waals surface area (Å²) in [7, 11) is 0. The molecule has 1 N–H and O–H groups in total. The fourth-order valence-corrected chi connectivity index (χ4v) is 3.71. The van der Waals surface area contributed by atoms with E-state index in [2.05, 4.69) is 82.4 Å². The fraction of sp³-hybridized carbons (Fsp3) is 0.348. The van der Waals surface area contributed by atoms with Crippen LogP contribution in [0.5, 0.6) is 0 Å². The van der Waals surface area contributed by atoms with Crippen molar-refractivity contribution in [3.8, 4) is 0 Å². The summed E-state index contributed by atoms with van der Waals surface area (Å²) in [5.41, 5.74) is 8.94. The SMILES string of the molecule is CC(C)c1nc2cc(C(C)(C)C)ccc2c2c1Cc1ccccc1N2. The molecule has 0 bridgehead atoms. The minimum Gasteiger partial charge on any atom is -0.354 e. The summed E-state index contributed by atoms with van der Waals surface area (Å²) in [5, 5.41) is 4.92. The quantitative estimate of drug-likeness (QED) is 0.443. The van der Waals surface area contributed by atoms with Crippen LogP contribution in [0.25, 0.3) is 10.9 Å². The number of rotatable bonds is 1. The number of fused-ring (bicyclic) bond motifs is 4. The molecule has 1 aromatic heterocycles. The zero-order valence-electron chi connectivity index (χ0n) is 15.8. The second-order valence-electron chi connectivity index (χ2n) is 8.45. The van der Waals surface area contributed by atoms with E-state index in [-0.39, 0.29) is 5.41 Å². The zero-order valence-corrected chi connectivity index (χ0v) is 15.8. The molecule has 25 heavy (non-hydrogen) atoms. The molecule has 2 aromatic carbocycles. The molecule has 3 aromatic rings. The zero-order chi connectivity index (χ0) is 17.8. The summed E-state index contributed by atoms with van der Waals surface area (Å²) >= 11 is 0. The Kier molecular flexibility index (Phi) is 3.61. The van der Waals surface area contributed by atoms with E-state index < -0.39 is 0 Å². The van der Waals surface area contributed by atoms with Gasteiger partial charge in [-0.3, -0.25) is 4.98 Å². The Bertz CT molecular complexity index is 962. The number of para-hydroxylation sites is 1. The Hall–Kier alpha value is -2.35. The maximum absolute atomic E-state index is 5.10. The topological polar surface area (TPSA) is 24.9 Å². The van der Waals surface area contributed by atoms with E-state index >= 15 is 0 Å². The first-order chi connectivity index (χ1) is 11.8. The Morgan fingerprint density at radius 1 is 1.04 bits per heavy atom. The minimum atomic E-state index is 0.129. The second-order valence-corrected chi connectivity index (χ2v) is 8.45. The van der Waals surface area contributed by atoms with Gasteiger partial charge in [-0.1, -0.05) is 65.0 Å². The van der Waals surface area contributed by atoms with Crippen molar-refractivity contribution in [2.75, 3.05) is 5.32 Å². The van der Waals surface area contributed by atoms with Crippen LogP contribution < -0.4 is 5.32 Å². The summed E-state index contributed by atoms with van der Waals surface area (Å²) in [6.45, 7) is 11.2. The Morgan fingerprint density at radius 3 is 2.52 bits per heavy atom. The summed E-state index contributed by atoms with van der Waals surface area (Å²) in [5.74, 6) is 0.406. The van der Waals surface area contributed by atoms with Crippen molar-refractivity contribution in [2.24, 2.45) is 0 Å². The second kappa shape index (κ2) is 5.59. The maximum atomic E-state index is 5.10. The monoisotopic (exact) mass is 330 g/mol. The minimum absolute atomic E-state index is 0.129. The first-order valence-corrected chi connectivity index (χ1v) is 9.16. The van der Waals surface area contributed by atoms with E-state index in [9.17, 15) is 0 Å². The molecule has 0 atom stereocenters. The summed E-state index contributed by atoms with van der Waals surface area (Å²) < 4.78 is 0. The molecule has 2 nitrogen and oxygen atoms in total. The van der Waals surface area contributed by atoms with Crippen molar-refractivity contribution in [2.45, 2.75) is 52.4 Å². The van der Waals surface area contributed by atoms with Gasteiger partial charge in [-0.25, -0.2) is 0 Å². The Morgan fingerprint density at radius 2 is 1.80 bits per heavy atom. The number of nitrogens with one attached hydrogen (secondary N) is 1. The summed E-state index contributed by atoms with van der Waals surface area (Å²) in [6, 6.07) is 15.4. The summed E-state index contributed by atoms with van der Waals surface area (Å²) in [4.78, 5) is 5.10. The van der Waals surface area contributed by atoms with Gasteiger partial charge in [0.15, 0.2) is 0 Å². The number of aromatic nitrogens is 1. The van der Waals surface area contributed by atoms with Crippen LogP contribution in [0.15, 0.2) is 42.5 Å². The normalized spacial score (nSPS) is 13.5. The number of pyridine rings is 1. The molecule has 2 heterocycles. The molecule has 0 saturated carbocycles. The van der Waals surface area contributed by atoms with E-state index in [4.69, 9.17) is 4.98 Å². The van der Waals surface area contributed by atoms with Gasteiger partial charge in [-0.2, -0.15) is 0 Å². The third kappa shape index (κ3) is 2.70. The van der Waals surface area contributed by atoms with E-state index in [1.54, 1.807) is 0 Å². The van der Waals surface area contributed by atoms with Crippen molar-refractivity contribution in [3.05, 3.63) is 64.8 Å². The van der Waals surface area contributed by atoms with Crippen LogP contribution >= 0.6 is 0 Å². The van der Waals surface area contributed by atoms with Gasteiger partial charge in [0, 0.05) is 28.8 Å². The van der Waals surface area contributed by atoms with Gasteiger partial charge >= 0.3 is 0 Å². The van der Waals surface area contributed by atoms with Crippen LogP contribution in [0.4, 0.5) is 11.4 Å². The van der Waals surface area contributed by atoms with Crippen molar-refractivity contribution in [3.63, 3.8) is 0 Å². The smallest absolute Gasteiger partial charge is 0.0729 e. The predicted molar refractivity (Wildman–Crippen MR) is 107 cm³/mol. The van der Waals surface area contributed by atoms with Crippen LogP contribution in [-0.2, 0) is 11.8 Å². The van der Waals surface area contributed by atoms with Gasteiger partial charge in [0.25, 0.3) is 0 Å². The highest BCUT2D eigenvalue weighted by Crippen LogP contribution is 2.41. The Labute approximate surface area is 150 Å². The van der Waals surface area contributed by atoms with E-state index in [1.165, 1.54) is 39.1 Å². The van der Waals surface area contributed by atoms with Crippen molar-refractivity contribution >= 4 is 22.3 Å². The molecule has 0 aliphatic carbocycles. The van der Waals surface area contributed by atoms with E-state index in [1.807, 2.05) is 0 Å². The molecule has 0 unspecified atom stereocenters. The highest BCUT2D eigenvalue weighted by Gasteiger charge is 2.23. The van der Waals surface area contributed by atoms with Crippen LogP contribution in [0.2, 0.25) is 0 Å². The lowest BCUT2D eigenvalue weighted by Gasteiger charge is -2.27. The first-order valence-electron chi connectivity index (χ1n) is 9.16. The van der Waals surface area contributed by atoms with Crippen LogP contribution in [0.1, 0.15) is 62.9 Å². The Balaban J connectivity index is 1.98. The lowest BCUT2D eigenvalue weighted by atomic mass is 9.85. The third-order valence-electron chi connectivity index (χ3n) is 5.18. The van der Waals surface area contributed by atoms with Crippen LogP contribution in [0.3, 0.4) is 0 Å². The van der Waals surface area contributed by atoms with Gasteiger partial charge < -0.3 is 5.32 Å². The van der Waals surface area contributed by atoms with E-state index in [0.717, 1.165) is 11.9 Å². The standard InChI is InChI=1S/C23H26N2/c1-14(2)21-18-12-15-8-6-7-9-19(15)24-22(18)17-11-10-16(23(3,4)5)13-20(17)25-21/h6-11,13-14,24H,12H2,1-5H3. The molecule has 0 amide bonds. The maximum Gasteiger partial charge on any atom is 0.0729 e. The number of benzene rings is 2. The molecule has 2 heteroatoms. The van der Waals surface area contributed by atoms with Crippen LogP contribution in [0, 0.1) is 0 Å². The van der Waals surface area contributed by atoms with Gasteiger partial charge in [-0.15, -0.1) is 0 Å². The largest absolute Gasteiger partial charge is 0.354 e. The van der Waals surface area contributed by atoms with E-state index in [0.29, 0.717) is 5.92 Å². The van der Waals surface area contributed by atoms with Gasteiger partial charge in [0.2, 0.25) is 0 Å². The lowest BCUT2D eigenvalue weighted by Crippen LogP contribution is -2.14. The molecule has 0 spiro atoms. The molecular formula is C23H26N2. The average Bonchev–Trinajstić information content (AvgIpc) is 2.58. The number of anilines is 2. The number of nitrogens with zero attached hydrogens (tertiary/aromatic N) is 1. The highest BCUT2D eigenvalue weighted by molar-refractivity contribution is 5.97. The first kappa shape index (κ1) is 16.1. The van der Waals surface area contributed by atoms with Crippen molar-refractivity contribution in [1.29, 1.82) is 0 Å². The highest BCUT2D eigenvalue weighted by atomic mass is 14.9. The summed E-state index contributed by atoms with van der Waals surface area (Å²) in [6.07, 6.45) is 0.954. The van der Waals surface area contributed by atoms with Crippen molar-refractivity contribution in [1.82, 2.24) is 4.98 Å². The lowest BCUT2D eigenvalue weighted by molar-refractivity contribution is 0.591. The van der Waals surface area contributed by atoms with Gasteiger partial charge in [0.1, 0.15) is 0 Å². The fourth-order valence-electron chi connectivity index (χ4n) is 3.71. The molecule has 1 aliphatic rings. The molecule has 0 radical (unpaired) electrons. The third-order valence-corrected chi connectivity index (χ3v) is 5.18.